The molecular weight excluding hydrogens is 204 g/mol. The molecule has 0 amide bonds. The predicted molar refractivity (Wildman–Crippen MR) is 57.7 cm³/mol. The van der Waals surface area contributed by atoms with Crippen molar-refractivity contribution in [2.75, 3.05) is 18.0 Å². The normalized spacial score (nSPS) is 29.2. The van der Waals surface area contributed by atoms with E-state index in [4.69, 9.17) is 11.6 Å². The molecule has 0 radical (unpaired) electrons. The second-order valence-corrected chi connectivity index (χ2v) is 4.98. The monoisotopic (exact) mass is 216 g/mol. The first-order valence-electron chi connectivity index (χ1n) is 4.56. The third-order valence-electron chi connectivity index (χ3n) is 2.56. The van der Waals surface area contributed by atoms with Crippen LogP contribution < -0.4 is 4.90 Å². The summed E-state index contributed by atoms with van der Waals surface area (Å²) in [6, 6.07) is 0. The minimum atomic E-state index is 0.276. The summed E-state index contributed by atoms with van der Waals surface area (Å²) in [5, 5.41) is 3.39. The predicted octanol–water partition coefficient (Wildman–Crippen LogP) is 2.60. The standard InChI is InChI=1S/C9H13ClN2S/c1-7-2-4-12(6-8(7)10)9-11-3-5-13-9/h3,5,7-8H,2,4,6H2,1H3. The lowest BCUT2D eigenvalue weighted by atomic mass is 9.99. The van der Waals surface area contributed by atoms with Crippen LogP contribution in [0.3, 0.4) is 0 Å². The Kier molecular flexibility index (Phi) is 2.74. The van der Waals surface area contributed by atoms with Crippen LogP contribution in [0.5, 0.6) is 0 Å². The van der Waals surface area contributed by atoms with E-state index < -0.39 is 0 Å². The number of aromatic nitrogens is 1. The summed E-state index contributed by atoms with van der Waals surface area (Å²) < 4.78 is 0. The Morgan fingerprint density at radius 3 is 3.15 bits per heavy atom. The zero-order chi connectivity index (χ0) is 9.26. The number of hydrogen-bond donors (Lipinski definition) is 0. The number of anilines is 1. The first-order valence-corrected chi connectivity index (χ1v) is 5.87. The van der Waals surface area contributed by atoms with Crippen LogP contribution in [-0.4, -0.2) is 23.5 Å². The third-order valence-corrected chi connectivity index (χ3v) is 3.96. The van der Waals surface area contributed by atoms with E-state index in [1.54, 1.807) is 11.3 Å². The summed E-state index contributed by atoms with van der Waals surface area (Å²) in [7, 11) is 0. The number of nitrogens with zero attached hydrogens (tertiary/aromatic N) is 2. The average Bonchev–Trinajstić information content (AvgIpc) is 2.62. The van der Waals surface area contributed by atoms with Gasteiger partial charge in [0.2, 0.25) is 0 Å². The molecule has 0 aromatic carbocycles. The van der Waals surface area contributed by atoms with E-state index in [0.29, 0.717) is 5.92 Å². The van der Waals surface area contributed by atoms with Gasteiger partial charge in [0.1, 0.15) is 0 Å². The highest BCUT2D eigenvalue weighted by Gasteiger charge is 2.25. The molecular formula is C9H13ClN2S. The van der Waals surface area contributed by atoms with Crippen LogP contribution in [-0.2, 0) is 0 Å². The minimum absolute atomic E-state index is 0.276. The van der Waals surface area contributed by atoms with Crippen molar-refractivity contribution in [3.05, 3.63) is 11.6 Å². The van der Waals surface area contributed by atoms with Gasteiger partial charge in [0, 0.05) is 24.7 Å². The number of piperidine rings is 1. The molecule has 2 unspecified atom stereocenters. The van der Waals surface area contributed by atoms with E-state index in [-0.39, 0.29) is 5.38 Å². The molecule has 2 rings (SSSR count). The van der Waals surface area contributed by atoms with Gasteiger partial charge in [-0.05, 0) is 12.3 Å². The van der Waals surface area contributed by atoms with Crippen LogP contribution in [0.2, 0.25) is 0 Å². The first-order chi connectivity index (χ1) is 6.27. The summed E-state index contributed by atoms with van der Waals surface area (Å²) in [6.45, 7) is 4.25. The van der Waals surface area contributed by atoms with Crippen molar-refractivity contribution in [1.82, 2.24) is 4.98 Å². The first kappa shape index (κ1) is 9.28. The van der Waals surface area contributed by atoms with E-state index in [9.17, 15) is 0 Å². The molecule has 72 valence electrons. The van der Waals surface area contributed by atoms with Gasteiger partial charge in [0.05, 0.1) is 5.38 Å². The molecule has 0 N–H and O–H groups in total. The highest BCUT2D eigenvalue weighted by atomic mass is 35.5. The third kappa shape index (κ3) is 1.97. The van der Waals surface area contributed by atoms with Gasteiger partial charge in [0.25, 0.3) is 0 Å². The maximum atomic E-state index is 6.21. The summed E-state index contributed by atoms with van der Waals surface area (Å²) in [4.78, 5) is 6.57. The Morgan fingerprint density at radius 1 is 1.69 bits per heavy atom. The summed E-state index contributed by atoms with van der Waals surface area (Å²) in [5.74, 6) is 0.637. The maximum Gasteiger partial charge on any atom is 0.185 e. The molecule has 1 aliphatic heterocycles. The Morgan fingerprint density at radius 2 is 2.54 bits per heavy atom. The maximum absolute atomic E-state index is 6.21. The SMILES string of the molecule is CC1CCN(c2nccs2)CC1Cl. The zero-order valence-corrected chi connectivity index (χ0v) is 9.18. The molecule has 1 fully saturated rings. The number of rotatable bonds is 1. The van der Waals surface area contributed by atoms with Crippen LogP contribution in [0.15, 0.2) is 11.6 Å². The summed E-state index contributed by atoms with van der Waals surface area (Å²) in [6.07, 6.45) is 3.02. The van der Waals surface area contributed by atoms with Crippen molar-refractivity contribution in [3.63, 3.8) is 0 Å². The van der Waals surface area contributed by atoms with E-state index in [1.807, 2.05) is 11.6 Å². The molecule has 2 heterocycles. The second-order valence-electron chi connectivity index (χ2n) is 3.54. The van der Waals surface area contributed by atoms with Crippen molar-refractivity contribution in [2.24, 2.45) is 5.92 Å². The molecule has 0 spiro atoms. The van der Waals surface area contributed by atoms with E-state index in [2.05, 4.69) is 16.8 Å². The molecule has 0 saturated carbocycles. The molecule has 2 atom stereocenters. The number of halogens is 1. The highest BCUT2D eigenvalue weighted by molar-refractivity contribution is 7.13. The van der Waals surface area contributed by atoms with Gasteiger partial charge in [0.15, 0.2) is 5.13 Å². The Balaban J connectivity index is 2.03. The smallest absolute Gasteiger partial charge is 0.185 e. The Bertz CT molecular complexity index is 263. The lowest BCUT2D eigenvalue weighted by Gasteiger charge is -2.33. The molecule has 1 aromatic heterocycles. The lowest BCUT2D eigenvalue weighted by molar-refractivity contribution is 0.445. The molecule has 2 nitrogen and oxygen atoms in total. The number of alkyl halides is 1. The van der Waals surface area contributed by atoms with Gasteiger partial charge in [-0.1, -0.05) is 6.92 Å². The molecule has 1 aromatic rings. The largest absolute Gasteiger partial charge is 0.347 e. The zero-order valence-electron chi connectivity index (χ0n) is 7.61. The van der Waals surface area contributed by atoms with Gasteiger partial charge in [-0.2, -0.15) is 0 Å². The molecule has 13 heavy (non-hydrogen) atoms. The van der Waals surface area contributed by atoms with Crippen molar-refractivity contribution in [3.8, 4) is 0 Å². The van der Waals surface area contributed by atoms with Crippen LogP contribution in [0.4, 0.5) is 5.13 Å². The highest BCUT2D eigenvalue weighted by Crippen LogP contribution is 2.27. The fraction of sp³-hybridized carbons (Fsp3) is 0.667. The Labute approximate surface area is 87.5 Å². The van der Waals surface area contributed by atoms with Crippen LogP contribution >= 0.6 is 22.9 Å². The Hall–Kier alpha value is -0.280. The quantitative estimate of drug-likeness (QED) is 0.671. The van der Waals surface area contributed by atoms with E-state index >= 15 is 0 Å². The second kappa shape index (κ2) is 3.84. The fourth-order valence-corrected chi connectivity index (χ4v) is 2.54. The van der Waals surface area contributed by atoms with E-state index in [1.165, 1.54) is 6.42 Å². The van der Waals surface area contributed by atoms with Crippen molar-refractivity contribution in [1.29, 1.82) is 0 Å². The summed E-state index contributed by atoms with van der Waals surface area (Å²) in [5.41, 5.74) is 0. The summed E-state index contributed by atoms with van der Waals surface area (Å²) >= 11 is 7.90. The van der Waals surface area contributed by atoms with Crippen molar-refractivity contribution in [2.45, 2.75) is 18.7 Å². The number of hydrogen-bond acceptors (Lipinski definition) is 3. The number of thiazole rings is 1. The average molecular weight is 217 g/mol. The fourth-order valence-electron chi connectivity index (χ4n) is 1.57. The lowest BCUT2D eigenvalue weighted by Crippen LogP contribution is -2.40. The van der Waals surface area contributed by atoms with E-state index in [0.717, 1.165) is 18.2 Å². The van der Waals surface area contributed by atoms with Gasteiger partial charge < -0.3 is 4.90 Å². The molecule has 4 heteroatoms. The van der Waals surface area contributed by atoms with Gasteiger partial charge >= 0.3 is 0 Å². The molecule has 0 aliphatic carbocycles. The minimum Gasteiger partial charge on any atom is -0.347 e. The van der Waals surface area contributed by atoms with Crippen LogP contribution in [0.1, 0.15) is 13.3 Å². The van der Waals surface area contributed by atoms with Crippen LogP contribution in [0, 0.1) is 5.92 Å². The molecule has 1 aliphatic rings. The van der Waals surface area contributed by atoms with Crippen molar-refractivity contribution >= 4 is 28.1 Å². The molecule has 1 saturated heterocycles. The van der Waals surface area contributed by atoms with Gasteiger partial charge in [-0.25, -0.2) is 4.98 Å². The van der Waals surface area contributed by atoms with Crippen molar-refractivity contribution < 1.29 is 0 Å². The topological polar surface area (TPSA) is 16.1 Å². The molecule has 0 bridgehead atoms. The van der Waals surface area contributed by atoms with Crippen LogP contribution in [0.25, 0.3) is 0 Å². The van der Waals surface area contributed by atoms with Gasteiger partial charge in [-0.3, -0.25) is 0 Å². The van der Waals surface area contributed by atoms with Gasteiger partial charge in [-0.15, -0.1) is 22.9 Å².